The third-order valence-electron chi connectivity index (χ3n) is 3.54. The minimum atomic E-state index is 0.455. The summed E-state index contributed by atoms with van der Waals surface area (Å²) < 4.78 is 0. The van der Waals surface area contributed by atoms with Crippen LogP contribution in [-0.4, -0.2) is 36.6 Å². The number of rotatable bonds is 6. The minimum Gasteiger partial charge on any atom is -0.317 e. The van der Waals surface area contributed by atoms with Crippen LogP contribution in [0.15, 0.2) is 5.10 Å². The van der Waals surface area contributed by atoms with Crippen LogP contribution in [0.4, 0.5) is 0 Å². The van der Waals surface area contributed by atoms with Gasteiger partial charge in [-0.3, -0.25) is 4.84 Å². The van der Waals surface area contributed by atoms with Crippen molar-refractivity contribution in [3.05, 3.63) is 0 Å². The van der Waals surface area contributed by atoms with Crippen molar-refractivity contribution in [3.63, 3.8) is 0 Å². The molecule has 1 saturated carbocycles. The Balaban J connectivity index is 1.88. The Morgan fingerprint density at radius 2 is 2.00 bits per heavy atom. The lowest BCUT2D eigenvalue weighted by Gasteiger charge is -2.31. The zero-order valence-corrected chi connectivity index (χ0v) is 11.1. The highest BCUT2D eigenvalue weighted by atomic mass is 16.7. The fraction of sp³-hybridized carbons (Fsp3) is 0.923. The molecule has 0 amide bonds. The normalized spacial score (nSPS) is 22.8. The van der Waals surface area contributed by atoms with Gasteiger partial charge in [-0.25, -0.2) is 0 Å². The maximum absolute atomic E-state index is 5.90. The van der Waals surface area contributed by atoms with E-state index in [9.17, 15) is 0 Å². The average Bonchev–Trinajstić information content (AvgIpc) is 3.19. The topological polar surface area (TPSA) is 36.9 Å². The fourth-order valence-corrected chi connectivity index (χ4v) is 1.95. The van der Waals surface area contributed by atoms with E-state index in [1.807, 2.05) is 5.17 Å². The summed E-state index contributed by atoms with van der Waals surface area (Å²) in [6.07, 6.45) is 5.91. The summed E-state index contributed by atoms with van der Waals surface area (Å²) >= 11 is 0. The van der Waals surface area contributed by atoms with Crippen molar-refractivity contribution in [1.82, 2.24) is 10.5 Å². The summed E-state index contributed by atoms with van der Waals surface area (Å²) in [6, 6.07) is 0.455. The van der Waals surface area contributed by atoms with E-state index in [1.165, 1.54) is 12.8 Å². The average molecular weight is 239 g/mol. The Kier molecular flexibility index (Phi) is 4.80. The van der Waals surface area contributed by atoms with Gasteiger partial charge in [0.1, 0.15) is 0 Å². The SMILES string of the molecule is CC/C(C)=N\N(OCC1CC1)C1CCNCC1. The van der Waals surface area contributed by atoms with Gasteiger partial charge < -0.3 is 5.32 Å². The Hall–Kier alpha value is -0.610. The summed E-state index contributed by atoms with van der Waals surface area (Å²) in [5.74, 6) is 0.788. The van der Waals surface area contributed by atoms with Gasteiger partial charge in [-0.1, -0.05) is 6.92 Å². The molecule has 1 saturated heterocycles. The maximum Gasteiger partial charge on any atom is 0.0795 e. The van der Waals surface area contributed by atoms with E-state index in [0.29, 0.717) is 6.04 Å². The van der Waals surface area contributed by atoms with E-state index in [-0.39, 0.29) is 0 Å². The van der Waals surface area contributed by atoms with E-state index in [0.717, 1.165) is 50.6 Å². The molecule has 2 aliphatic rings. The first kappa shape index (κ1) is 12.8. The van der Waals surface area contributed by atoms with Crippen LogP contribution in [0, 0.1) is 5.92 Å². The molecule has 0 bridgehead atoms. The van der Waals surface area contributed by atoms with Gasteiger partial charge in [0.15, 0.2) is 0 Å². The number of hydroxylamine groups is 1. The molecule has 1 N–H and O–H groups in total. The molecule has 2 fully saturated rings. The van der Waals surface area contributed by atoms with Gasteiger partial charge in [-0.15, -0.1) is 0 Å². The van der Waals surface area contributed by atoms with Crippen LogP contribution in [0.2, 0.25) is 0 Å². The number of hydrogen-bond acceptors (Lipinski definition) is 4. The summed E-state index contributed by atoms with van der Waals surface area (Å²) in [5, 5.41) is 9.90. The quantitative estimate of drug-likeness (QED) is 0.570. The highest BCUT2D eigenvalue weighted by molar-refractivity contribution is 5.81. The number of hydrogen-bond donors (Lipinski definition) is 1. The van der Waals surface area contributed by atoms with Crippen molar-refractivity contribution in [2.24, 2.45) is 11.0 Å². The van der Waals surface area contributed by atoms with Gasteiger partial charge in [0, 0.05) is 5.71 Å². The lowest BCUT2D eigenvalue weighted by molar-refractivity contribution is -0.194. The van der Waals surface area contributed by atoms with Crippen LogP contribution < -0.4 is 5.32 Å². The van der Waals surface area contributed by atoms with Crippen molar-refractivity contribution >= 4 is 5.71 Å². The van der Waals surface area contributed by atoms with E-state index in [2.05, 4.69) is 24.3 Å². The molecule has 2 rings (SSSR count). The zero-order valence-electron chi connectivity index (χ0n) is 11.1. The molecule has 4 heteroatoms. The largest absolute Gasteiger partial charge is 0.317 e. The van der Waals surface area contributed by atoms with Gasteiger partial charge in [0.25, 0.3) is 0 Å². The summed E-state index contributed by atoms with van der Waals surface area (Å²) in [7, 11) is 0. The molecular weight excluding hydrogens is 214 g/mol. The van der Waals surface area contributed by atoms with Gasteiger partial charge >= 0.3 is 0 Å². The van der Waals surface area contributed by atoms with E-state index in [1.54, 1.807) is 0 Å². The number of nitrogens with one attached hydrogen (secondary N) is 1. The second kappa shape index (κ2) is 6.36. The predicted octanol–water partition coefficient (Wildman–Crippen LogP) is 2.17. The first-order valence-electron chi connectivity index (χ1n) is 6.96. The number of nitrogens with zero attached hydrogens (tertiary/aromatic N) is 2. The smallest absolute Gasteiger partial charge is 0.0795 e. The molecule has 0 atom stereocenters. The Morgan fingerprint density at radius 3 is 2.59 bits per heavy atom. The lowest BCUT2D eigenvalue weighted by Crippen LogP contribution is -2.41. The third kappa shape index (κ3) is 4.28. The Morgan fingerprint density at radius 1 is 1.29 bits per heavy atom. The molecule has 4 nitrogen and oxygen atoms in total. The van der Waals surface area contributed by atoms with Crippen LogP contribution >= 0.6 is 0 Å². The van der Waals surface area contributed by atoms with Gasteiger partial charge in [-0.05, 0) is 58.0 Å². The Bertz CT molecular complexity index is 257. The van der Waals surface area contributed by atoms with Crippen LogP contribution in [0.25, 0.3) is 0 Å². The van der Waals surface area contributed by atoms with Crippen LogP contribution in [-0.2, 0) is 4.84 Å². The summed E-state index contributed by atoms with van der Waals surface area (Å²) in [4.78, 5) is 5.90. The molecular formula is C13H25N3O. The number of hydrazone groups is 1. The fourth-order valence-electron chi connectivity index (χ4n) is 1.95. The molecule has 0 aromatic heterocycles. The molecule has 0 spiro atoms. The maximum atomic E-state index is 5.90. The molecule has 1 heterocycles. The molecule has 0 unspecified atom stereocenters. The molecule has 98 valence electrons. The predicted molar refractivity (Wildman–Crippen MR) is 69.8 cm³/mol. The van der Waals surface area contributed by atoms with Crippen molar-refractivity contribution in [1.29, 1.82) is 0 Å². The van der Waals surface area contributed by atoms with Gasteiger partial charge in [0.2, 0.25) is 0 Å². The summed E-state index contributed by atoms with van der Waals surface area (Å²) in [5.41, 5.74) is 1.15. The number of piperidine rings is 1. The van der Waals surface area contributed by atoms with Gasteiger partial charge in [0.05, 0.1) is 12.6 Å². The van der Waals surface area contributed by atoms with Crippen molar-refractivity contribution in [2.75, 3.05) is 19.7 Å². The zero-order chi connectivity index (χ0) is 12.1. The molecule has 1 aliphatic carbocycles. The van der Waals surface area contributed by atoms with Crippen molar-refractivity contribution in [2.45, 2.75) is 52.0 Å². The first-order chi connectivity index (χ1) is 8.29. The lowest BCUT2D eigenvalue weighted by atomic mass is 10.1. The first-order valence-corrected chi connectivity index (χ1v) is 6.96. The monoisotopic (exact) mass is 239 g/mol. The van der Waals surface area contributed by atoms with E-state index >= 15 is 0 Å². The molecule has 0 aromatic rings. The van der Waals surface area contributed by atoms with Gasteiger partial charge in [-0.2, -0.15) is 10.3 Å². The van der Waals surface area contributed by atoms with Crippen LogP contribution in [0.1, 0.15) is 46.0 Å². The third-order valence-corrected chi connectivity index (χ3v) is 3.54. The van der Waals surface area contributed by atoms with Crippen LogP contribution in [0.3, 0.4) is 0 Å². The standard InChI is InChI=1S/C13H25N3O/c1-3-11(2)15-16(17-10-12-4-5-12)13-6-8-14-9-7-13/h12-14H,3-10H2,1-2H3/b15-11-. The minimum absolute atomic E-state index is 0.455. The highest BCUT2D eigenvalue weighted by Gasteiger charge is 2.26. The van der Waals surface area contributed by atoms with Crippen molar-refractivity contribution in [3.8, 4) is 0 Å². The molecule has 0 aromatic carbocycles. The highest BCUT2D eigenvalue weighted by Crippen LogP contribution is 2.29. The van der Waals surface area contributed by atoms with Crippen LogP contribution in [0.5, 0.6) is 0 Å². The second-order valence-corrected chi connectivity index (χ2v) is 5.21. The molecule has 1 aliphatic heterocycles. The van der Waals surface area contributed by atoms with Crippen molar-refractivity contribution < 1.29 is 4.84 Å². The molecule has 0 radical (unpaired) electrons. The summed E-state index contributed by atoms with van der Waals surface area (Å²) in [6.45, 7) is 7.22. The van der Waals surface area contributed by atoms with E-state index < -0.39 is 0 Å². The molecule has 17 heavy (non-hydrogen) atoms. The second-order valence-electron chi connectivity index (χ2n) is 5.21. The van der Waals surface area contributed by atoms with E-state index in [4.69, 9.17) is 4.84 Å². The Labute approximate surface area is 104 Å².